The molecular weight excluding hydrogens is 317 g/mol. The zero-order valence-corrected chi connectivity index (χ0v) is 12.6. The molecule has 0 aliphatic rings. The molecule has 1 aromatic heterocycles. The van der Waals surface area contributed by atoms with Crippen LogP contribution in [0.2, 0.25) is 0 Å². The average Bonchev–Trinajstić information content (AvgIpc) is 3.05. The minimum atomic E-state index is -4.36. The molecule has 0 fully saturated rings. The molecule has 124 valence electrons. The van der Waals surface area contributed by atoms with E-state index in [2.05, 4.69) is 15.2 Å². The number of nitrogens with one attached hydrogen (secondary N) is 1. The summed E-state index contributed by atoms with van der Waals surface area (Å²) >= 11 is 0. The highest BCUT2D eigenvalue weighted by molar-refractivity contribution is 5.55. The Morgan fingerprint density at radius 2 is 1.67 bits per heavy atom. The van der Waals surface area contributed by atoms with E-state index in [0.29, 0.717) is 23.6 Å². The summed E-state index contributed by atoms with van der Waals surface area (Å²) in [6, 6.07) is 14.0. The van der Waals surface area contributed by atoms with Crippen molar-refractivity contribution in [3.8, 4) is 11.4 Å². The third kappa shape index (κ3) is 3.62. The van der Waals surface area contributed by atoms with Crippen LogP contribution in [0.5, 0.6) is 0 Å². The van der Waals surface area contributed by atoms with Gasteiger partial charge >= 0.3 is 6.18 Å². The lowest BCUT2D eigenvalue weighted by molar-refractivity contribution is -0.137. The van der Waals surface area contributed by atoms with Crippen molar-refractivity contribution in [1.82, 2.24) is 15.2 Å². The van der Waals surface area contributed by atoms with Crippen LogP contribution in [0.1, 0.15) is 23.0 Å². The van der Waals surface area contributed by atoms with Crippen molar-refractivity contribution in [2.75, 3.05) is 0 Å². The molecule has 1 heterocycles. The normalized spacial score (nSPS) is 13.0. The molecule has 0 saturated carbocycles. The van der Waals surface area contributed by atoms with Crippen LogP contribution in [-0.4, -0.2) is 15.2 Å². The second-order valence-corrected chi connectivity index (χ2v) is 5.42. The molecule has 3 aromatic rings. The van der Waals surface area contributed by atoms with Crippen LogP contribution in [-0.2, 0) is 12.6 Å². The smallest absolute Gasteiger partial charge is 0.321 e. The number of nitrogens with two attached hydrogens (primary N) is 1. The Bertz CT molecular complexity index is 795. The van der Waals surface area contributed by atoms with Gasteiger partial charge in [0.15, 0.2) is 5.82 Å². The summed E-state index contributed by atoms with van der Waals surface area (Å²) in [5, 5.41) is 6.80. The van der Waals surface area contributed by atoms with Gasteiger partial charge in [0.2, 0.25) is 0 Å². The summed E-state index contributed by atoms with van der Waals surface area (Å²) < 4.78 is 37.8. The Labute approximate surface area is 136 Å². The van der Waals surface area contributed by atoms with Gasteiger partial charge in [0.25, 0.3) is 0 Å². The summed E-state index contributed by atoms with van der Waals surface area (Å²) in [6.45, 7) is 0. The van der Waals surface area contributed by atoms with Crippen LogP contribution in [0.15, 0.2) is 54.6 Å². The van der Waals surface area contributed by atoms with Gasteiger partial charge in [0.05, 0.1) is 11.6 Å². The summed E-state index contributed by atoms with van der Waals surface area (Å²) in [7, 11) is 0. The Morgan fingerprint density at radius 3 is 2.29 bits per heavy atom. The number of nitrogens with zero attached hydrogens (tertiary/aromatic N) is 2. The lowest BCUT2D eigenvalue weighted by atomic mass is 10.1. The first kappa shape index (κ1) is 16.2. The topological polar surface area (TPSA) is 67.6 Å². The fourth-order valence-corrected chi connectivity index (χ4v) is 2.34. The minimum Gasteiger partial charge on any atom is -0.321 e. The van der Waals surface area contributed by atoms with E-state index >= 15 is 0 Å². The number of hydrogen-bond acceptors (Lipinski definition) is 3. The number of hydrogen-bond donors (Lipinski definition) is 2. The van der Waals surface area contributed by atoms with E-state index in [0.717, 1.165) is 17.7 Å². The van der Waals surface area contributed by atoms with E-state index in [1.165, 1.54) is 12.1 Å². The molecule has 3 N–H and O–H groups in total. The van der Waals surface area contributed by atoms with Crippen molar-refractivity contribution in [2.24, 2.45) is 5.73 Å². The lowest BCUT2D eigenvalue weighted by Crippen LogP contribution is -2.15. The van der Waals surface area contributed by atoms with E-state index in [9.17, 15) is 13.2 Å². The van der Waals surface area contributed by atoms with Gasteiger partial charge in [-0.05, 0) is 24.1 Å². The SMILES string of the molecule is N[C@H](Cc1ccccc1)c1nc(-c2ccc(C(F)(F)F)cc2)n[nH]1. The lowest BCUT2D eigenvalue weighted by Gasteiger charge is -2.08. The highest BCUT2D eigenvalue weighted by Gasteiger charge is 2.30. The number of aromatic amines is 1. The fraction of sp³-hybridized carbons (Fsp3) is 0.176. The predicted molar refractivity (Wildman–Crippen MR) is 83.9 cm³/mol. The van der Waals surface area contributed by atoms with Gasteiger partial charge in [0.1, 0.15) is 5.82 Å². The van der Waals surface area contributed by atoms with E-state index < -0.39 is 11.7 Å². The number of rotatable bonds is 4. The highest BCUT2D eigenvalue weighted by atomic mass is 19.4. The Balaban J connectivity index is 1.75. The molecule has 0 amide bonds. The molecule has 2 aromatic carbocycles. The molecule has 0 aliphatic heterocycles. The highest BCUT2D eigenvalue weighted by Crippen LogP contribution is 2.30. The van der Waals surface area contributed by atoms with Gasteiger partial charge in [0, 0.05) is 5.56 Å². The van der Waals surface area contributed by atoms with Crippen molar-refractivity contribution in [2.45, 2.75) is 18.6 Å². The summed E-state index contributed by atoms with van der Waals surface area (Å²) in [6.07, 6.45) is -3.77. The minimum absolute atomic E-state index is 0.322. The van der Waals surface area contributed by atoms with E-state index in [-0.39, 0.29) is 6.04 Å². The van der Waals surface area contributed by atoms with Crippen molar-refractivity contribution >= 4 is 0 Å². The monoisotopic (exact) mass is 332 g/mol. The molecule has 0 spiro atoms. The van der Waals surface area contributed by atoms with E-state index in [1.807, 2.05) is 30.3 Å². The maximum atomic E-state index is 12.6. The van der Waals surface area contributed by atoms with Crippen LogP contribution < -0.4 is 5.73 Å². The Hall–Kier alpha value is -2.67. The number of benzene rings is 2. The molecule has 0 unspecified atom stereocenters. The van der Waals surface area contributed by atoms with Gasteiger partial charge in [-0.2, -0.15) is 18.3 Å². The van der Waals surface area contributed by atoms with Crippen molar-refractivity contribution in [1.29, 1.82) is 0 Å². The Morgan fingerprint density at radius 1 is 1.00 bits per heavy atom. The molecule has 1 atom stereocenters. The van der Waals surface area contributed by atoms with Gasteiger partial charge in [-0.25, -0.2) is 4.98 Å². The van der Waals surface area contributed by atoms with Gasteiger partial charge in [-0.15, -0.1) is 0 Å². The van der Waals surface area contributed by atoms with E-state index in [1.54, 1.807) is 0 Å². The summed E-state index contributed by atoms with van der Waals surface area (Å²) in [5.74, 6) is 0.816. The van der Waals surface area contributed by atoms with E-state index in [4.69, 9.17) is 5.73 Å². The fourth-order valence-electron chi connectivity index (χ4n) is 2.34. The van der Waals surface area contributed by atoms with Crippen LogP contribution in [0.3, 0.4) is 0 Å². The molecular formula is C17H15F3N4. The maximum Gasteiger partial charge on any atom is 0.416 e. The van der Waals surface area contributed by atoms with Crippen molar-refractivity contribution in [3.05, 3.63) is 71.5 Å². The second kappa shape index (κ2) is 6.45. The quantitative estimate of drug-likeness (QED) is 0.765. The number of H-pyrrole nitrogens is 1. The number of aromatic nitrogens is 3. The third-order valence-electron chi connectivity index (χ3n) is 3.62. The van der Waals surface area contributed by atoms with Crippen LogP contribution in [0, 0.1) is 0 Å². The van der Waals surface area contributed by atoms with Crippen LogP contribution in [0.4, 0.5) is 13.2 Å². The van der Waals surface area contributed by atoms with Gasteiger partial charge < -0.3 is 5.73 Å². The summed E-state index contributed by atoms with van der Waals surface area (Å²) in [5.41, 5.74) is 6.98. The number of alkyl halides is 3. The first-order chi connectivity index (χ1) is 11.4. The van der Waals surface area contributed by atoms with Gasteiger partial charge in [-0.3, -0.25) is 5.10 Å². The zero-order chi connectivity index (χ0) is 17.2. The molecule has 0 radical (unpaired) electrons. The van der Waals surface area contributed by atoms with Crippen molar-refractivity contribution in [3.63, 3.8) is 0 Å². The maximum absolute atomic E-state index is 12.6. The van der Waals surface area contributed by atoms with Crippen LogP contribution >= 0.6 is 0 Å². The molecule has 24 heavy (non-hydrogen) atoms. The first-order valence-electron chi connectivity index (χ1n) is 7.33. The zero-order valence-electron chi connectivity index (χ0n) is 12.6. The molecule has 7 heteroatoms. The largest absolute Gasteiger partial charge is 0.416 e. The average molecular weight is 332 g/mol. The molecule has 0 saturated heterocycles. The predicted octanol–water partition coefficient (Wildman–Crippen LogP) is 3.73. The molecule has 4 nitrogen and oxygen atoms in total. The summed E-state index contributed by atoms with van der Waals surface area (Å²) in [4.78, 5) is 4.30. The second-order valence-electron chi connectivity index (χ2n) is 5.42. The first-order valence-corrected chi connectivity index (χ1v) is 7.33. The van der Waals surface area contributed by atoms with Crippen molar-refractivity contribution < 1.29 is 13.2 Å². The molecule has 0 aliphatic carbocycles. The standard InChI is InChI=1S/C17H15F3N4/c18-17(19,20)13-8-6-12(7-9-13)15-22-16(24-23-15)14(21)10-11-4-2-1-3-5-11/h1-9,14H,10,21H2,(H,22,23,24)/t14-/m1/s1. The molecule has 0 bridgehead atoms. The molecule has 3 rings (SSSR count). The number of halogens is 3. The van der Waals surface area contributed by atoms with Crippen LogP contribution in [0.25, 0.3) is 11.4 Å². The Kier molecular flexibility index (Phi) is 4.35. The third-order valence-corrected chi connectivity index (χ3v) is 3.62. The van der Waals surface area contributed by atoms with Gasteiger partial charge in [-0.1, -0.05) is 42.5 Å².